The lowest BCUT2D eigenvalue weighted by molar-refractivity contribution is -0.140. The minimum Gasteiger partial charge on any atom is -0.326 e. The average molecular weight is 323 g/mol. The quantitative estimate of drug-likeness (QED) is 0.827. The van der Waals surface area contributed by atoms with E-state index in [4.69, 9.17) is 0 Å². The molecule has 0 saturated heterocycles. The zero-order chi connectivity index (χ0) is 16.2. The smallest absolute Gasteiger partial charge is 0.326 e. The van der Waals surface area contributed by atoms with Crippen molar-refractivity contribution in [1.29, 1.82) is 0 Å². The largest absolute Gasteiger partial charge is 0.416 e. The summed E-state index contributed by atoms with van der Waals surface area (Å²) in [5.74, 6) is 2.01. The molecule has 1 aromatic carbocycles. The van der Waals surface area contributed by atoms with Gasteiger partial charge in [-0.15, -0.1) is 0 Å². The van der Waals surface area contributed by atoms with E-state index in [1.54, 1.807) is 0 Å². The summed E-state index contributed by atoms with van der Waals surface area (Å²) in [6.07, 6.45) is 2.28. The summed E-state index contributed by atoms with van der Waals surface area (Å²) < 4.78 is 37.8. The normalized spacial score (nSPS) is 35.3. The average Bonchev–Trinajstić information content (AvgIpc) is 2.45. The molecule has 5 rings (SSSR count). The monoisotopic (exact) mass is 323 g/mol. The van der Waals surface area contributed by atoms with Gasteiger partial charge in [-0.3, -0.25) is 4.79 Å². The molecule has 4 bridgehead atoms. The van der Waals surface area contributed by atoms with Crippen LogP contribution in [0.2, 0.25) is 0 Å². The fourth-order valence-electron chi connectivity index (χ4n) is 5.39. The molecule has 0 aliphatic heterocycles. The Morgan fingerprint density at radius 2 is 1.43 bits per heavy atom. The van der Waals surface area contributed by atoms with Crippen molar-refractivity contribution in [3.05, 3.63) is 29.8 Å². The van der Waals surface area contributed by atoms with Crippen LogP contribution in [0.4, 0.5) is 18.9 Å². The molecule has 23 heavy (non-hydrogen) atoms. The minimum absolute atomic E-state index is 0.0105. The summed E-state index contributed by atoms with van der Waals surface area (Å²) in [5.41, 5.74) is -0.513. The number of hydrogen-bond donors (Lipinski definition) is 1. The summed E-state index contributed by atoms with van der Waals surface area (Å²) in [6.45, 7) is 0. The minimum atomic E-state index is -4.34. The van der Waals surface area contributed by atoms with Crippen molar-refractivity contribution in [2.75, 3.05) is 5.32 Å². The fraction of sp³-hybridized carbons (Fsp3) is 0.611. The standard InChI is InChI=1S/C18H20F3NO/c19-18(20,21)14-1-3-15(4-2-14)22-16(23)17-8-11-5-12(9-17)7-13(6-11)10-17/h1-4,11-13H,5-10H2,(H,22,23). The Hall–Kier alpha value is -1.52. The Kier molecular flexibility index (Phi) is 3.26. The topological polar surface area (TPSA) is 29.1 Å². The molecular formula is C18H20F3NO. The van der Waals surface area contributed by atoms with Gasteiger partial charge in [0.05, 0.1) is 11.0 Å². The van der Waals surface area contributed by atoms with Crippen molar-refractivity contribution < 1.29 is 18.0 Å². The molecule has 1 N–H and O–H groups in total. The molecule has 1 aromatic rings. The molecule has 124 valence electrons. The number of rotatable bonds is 2. The maximum Gasteiger partial charge on any atom is 0.416 e. The number of halogens is 3. The van der Waals surface area contributed by atoms with Crippen LogP contribution in [0, 0.1) is 23.2 Å². The third-order valence-corrected chi connectivity index (χ3v) is 5.99. The van der Waals surface area contributed by atoms with Gasteiger partial charge in [0, 0.05) is 5.69 Å². The third kappa shape index (κ3) is 2.64. The highest BCUT2D eigenvalue weighted by Gasteiger charge is 2.54. The number of carbonyl (C=O) groups excluding carboxylic acids is 1. The van der Waals surface area contributed by atoms with E-state index in [0.717, 1.165) is 31.4 Å². The molecule has 0 unspecified atom stereocenters. The molecule has 0 spiro atoms. The van der Waals surface area contributed by atoms with E-state index in [1.807, 2.05) is 0 Å². The summed E-state index contributed by atoms with van der Waals surface area (Å²) in [5, 5.41) is 2.87. The van der Waals surface area contributed by atoms with Crippen molar-refractivity contribution in [2.45, 2.75) is 44.7 Å². The Bertz CT molecular complexity index is 585. The zero-order valence-electron chi connectivity index (χ0n) is 12.8. The van der Waals surface area contributed by atoms with Gasteiger partial charge in [-0.25, -0.2) is 0 Å². The van der Waals surface area contributed by atoms with Crippen molar-refractivity contribution in [3.63, 3.8) is 0 Å². The van der Waals surface area contributed by atoms with Gasteiger partial charge in [-0.2, -0.15) is 13.2 Å². The van der Waals surface area contributed by atoms with E-state index in [9.17, 15) is 18.0 Å². The summed E-state index contributed by atoms with van der Waals surface area (Å²) in [7, 11) is 0. The lowest BCUT2D eigenvalue weighted by atomic mass is 9.49. The van der Waals surface area contributed by atoms with Gasteiger partial charge in [-0.1, -0.05) is 0 Å². The van der Waals surface area contributed by atoms with Gasteiger partial charge < -0.3 is 5.32 Å². The van der Waals surface area contributed by atoms with Crippen LogP contribution in [-0.2, 0) is 11.0 Å². The SMILES string of the molecule is O=C(Nc1ccc(C(F)(F)F)cc1)C12CC3CC(CC(C3)C1)C2. The van der Waals surface area contributed by atoms with Gasteiger partial charge in [0.2, 0.25) is 5.91 Å². The van der Waals surface area contributed by atoms with Crippen molar-refractivity contribution in [2.24, 2.45) is 23.2 Å². The summed E-state index contributed by atoms with van der Waals surface area (Å²) in [6, 6.07) is 4.74. The Labute approximate surface area is 133 Å². The number of anilines is 1. The molecule has 2 nitrogen and oxygen atoms in total. The molecule has 0 radical (unpaired) electrons. The predicted molar refractivity (Wildman–Crippen MR) is 80.7 cm³/mol. The van der Waals surface area contributed by atoms with E-state index < -0.39 is 11.7 Å². The molecule has 4 aliphatic carbocycles. The highest BCUT2D eigenvalue weighted by atomic mass is 19.4. The van der Waals surface area contributed by atoms with Crippen LogP contribution >= 0.6 is 0 Å². The second kappa shape index (κ2) is 4.99. The third-order valence-electron chi connectivity index (χ3n) is 5.99. The van der Waals surface area contributed by atoms with Gasteiger partial charge in [0.25, 0.3) is 0 Å². The predicted octanol–water partition coefficient (Wildman–Crippen LogP) is 4.86. The molecular weight excluding hydrogens is 303 g/mol. The number of benzene rings is 1. The van der Waals surface area contributed by atoms with Gasteiger partial charge in [-0.05, 0) is 80.5 Å². The molecule has 1 amide bonds. The number of amides is 1. The Balaban J connectivity index is 1.50. The lowest BCUT2D eigenvalue weighted by Crippen LogP contribution is -2.51. The lowest BCUT2D eigenvalue weighted by Gasteiger charge is -2.55. The first-order valence-electron chi connectivity index (χ1n) is 8.33. The van der Waals surface area contributed by atoms with Gasteiger partial charge >= 0.3 is 6.18 Å². The van der Waals surface area contributed by atoms with E-state index >= 15 is 0 Å². The van der Waals surface area contributed by atoms with E-state index in [0.29, 0.717) is 23.4 Å². The molecule has 0 heterocycles. The Morgan fingerprint density at radius 3 is 1.87 bits per heavy atom. The second-order valence-electron chi connectivity index (χ2n) is 7.73. The molecule has 4 fully saturated rings. The maximum absolute atomic E-state index is 12.8. The van der Waals surface area contributed by atoms with Crippen LogP contribution < -0.4 is 5.32 Å². The van der Waals surface area contributed by atoms with Crippen LogP contribution in [0.25, 0.3) is 0 Å². The number of hydrogen-bond acceptors (Lipinski definition) is 1. The van der Waals surface area contributed by atoms with Crippen LogP contribution in [-0.4, -0.2) is 5.91 Å². The van der Waals surface area contributed by atoms with E-state index in [-0.39, 0.29) is 11.3 Å². The second-order valence-corrected chi connectivity index (χ2v) is 7.73. The molecule has 0 aromatic heterocycles. The van der Waals surface area contributed by atoms with Crippen molar-refractivity contribution in [1.82, 2.24) is 0 Å². The van der Waals surface area contributed by atoms with Gasteiger partial charge in [0.1, 0.15) is 0 Å². The molecule has 0 atom stereocenters. The van der Waals surface area contributed by atoms with E-state index in [2.05, 4.69) is 5.32 Å². The Morgan fingerprint density at radius 1 is 0.957 bits per heavy atom. The fourth-order valence-corrected chi connectivity index (χ4v) is 5.39. The summed E-state index contributed by atoms with van der Waals surface area (Å²) >= 11 is 0. The van der Waals surface area contributed by atoms with Crippen LogP contribution in [0.5, 0.6) is 0 Å². The van der Waals surface area contributed by atoms with Crippen molar-refractivity contribution >= 4 is 11.6 Å². The first-order valence-corrected chi connectivity index (χ1v) is 8.33. The van der Waals surface area contributed by atoms with Crippen LogP contribution in [0.15, 0.2) is 24.3 Å². The molecule has 4 saturated carbocycles. The number of alkyl halides is 3. The first-order chi connectivity index (χ1) is 10.8. The molecule has 4 aliphatic rings. The zero-order valence-corrected chi connectivity index (χ0v) is 12.8. The summed E-state index contributed by atoms with van der Waals surface area (Å²) in [4.78, 5) is 12.8. The van der Waals surface area contributed by atoms with E-state index in [1.165, 1.54) is 31.4 Å². The molecule has 5 heteroatoms. The highest BCUT2D eigenvalue weighted by molar-refractivity contribution is 5.95. The first kappa shape index (κ1) is 15.0. The van der Waals surface area contributed by atoms with Crippen molar-refractivity contribution in [3.8, 4) is 0 Å². The highest BCUT2D eigenvalue weighted by Crippen LogP contribution is 2.60. The van der Waals surface area contributed by atoms with Crippen LogP contribution in [0.1, 0.15) is 44.1 Å². The van der Waals surface area contributed by atoms with Crippen LogP contribution in [0.3, 0.4) is 0 Å². The number of carbonyl (C=O) groups is 1. The number of nitrogens with one attached hydrogen (secondary N) is 1. The van der Waals surface area contributed by atoms with Gasteiger partial charge in [0.15, 0.2) is 0 Å². The maximum atomic E-state index is 12.8.